The Morgan fingerprint density at radius 1 is 1.05 bits per heavy atom. The predicted molar refractivity (Wildman–Crippen MR) is 73.2 cm³/mol. The third kappa shape index (κ3) is 5.88. The third-order valence-electron chi connectivity index (χ3n) is 2.47. The van der Waals surface area contributed by atoms with Crippen molar-refractivity contribution in [3.63, 3.8) is 0 Å². The van der Waals surface area contributed by atoms with Gasteiger partial charge in [0.15, 0.2) is 5.78 Å². The van der Waals surface area contributed by atoms with Gasteiger partial charge in [-0.1, -0.05) is 54.0 Å². The van der Waals surface area contributed by atoms with Crippen LogP contribution < -0.4 is 0 Å². The fraction of sp³-hybridized carbons (Fsp3) is 0.312. The van der Waals surface area contributed by atoms with Crippen molar-refractivity contribution < 1.29 is 15.0 Å². The van der Waals surface area contributed by atoms with Gasteiger partial charge in [-0.2, -0.15) is 0 Å². The highest BCUT2D eigenvalue weighted by Crippen LogP contribution is 2.12. The SMILES string of the molecule is O=C(CC(C#CCO)CC#CCO)c1ccccc1. The first-order valence-electron chi connectivity index (χ1n) is 6.02. The number of ketones is 1. The van der Waals surface area contributed by atoms with E-state index in [1.54, 1.807) is 12.1 Å². The van der Waals surface area contributed by atoms with Crippen molar-refractivity contribution in [3.8, 4) is 23.7 Å². The number of rotatable bonds is 4. The molecule has 0 saturated heterocycles. The van der Waals surface area contributed by atoms with E-state index in [0.717, 1.165) is 0 Å². The molecule has 1 aromatic carbocycles. The van der Waals surface area contributed by atoms with E-state index in [2.05, 4.69) is 23.7 Å². The summed E-state index contributed by atoms with van der Waals surface area (Å²) in [4.78, 5) is 12.0. The summed E-state index contributed by atoms with van der Waals surface area (Å²) in [5, 5.41) is 17.3. The Morgan fingerprint density at radius 3 is 2.37 bits per heavy atom. The molecule has 0 bridgehead atoms. The maximum absolute atomic E-state index is 12.0. The summed E-state index contributed by atoms with van der Waals surface area (Å²) in [6.07, 6.45) is 0.670. The lowest BCUT2D eigenvalue weighted by Gasteiger charge is -2.06. The van der Waals surface area contributed by atoms with Crippen LogP contribution >= 0.6 is 0 Å². The largest absolute Gasteiger partial charge is 0.384 e. The molecule has 3 nitrogen and oxygen atoms in total. The molecular weight excluding hydrogens is 240 g/mol. The summed E-state index contributed by atoms with van der Waals surface area (Å²) in [5.41, 5.74) is 0.647. The fourth-order valence-electron chi connectivity index (χ4n) is 1.58. The van der Waals surface area contributed by atoms with E-state index in [0.29, 0.717) is 12.0 Å². The van der Waals surface area contributed by atoms with Gasteiger partial charge in [0.2, 0.25) is 0 Å². The van der Waals surface area contributed by atoms with Gasteiger partial charge in [0.1, 0.15) is 13.2 Å². The maximum atomic E-state index is 12.0. The molecule has 0 amide bonds. The number of carbonyl (C=O) groups is 1. The number of Topliss-reactive ketones (excluding diaryl/α,β-unsaturated/α-hetero) is 1. The van der Waals surface area contributed by atoms with Crippen LogP contribution in [0.5, 0.6) is 0 Å². The molecule has 0 aliphatic heterocycles. The first kappa shape index (κ1) is 15.0. The van der Waals surface area contributed by atoms with Gasteiger partial charge in [0.25, 0.3) is 0 Å². The summed E-state index contributed by atoms with van der Waals surface area (Å²) in [7, 11) is 0. The second-order valence-corrected chi connectivity index (χ2v) is 3.89. The highest BCUT2D eigenvalue weighted by atomic mass is 16.3. The van der Waals surface area contributed by atoms with E-state index < -0.39 is 0 Å². The summed E-state index contributed by atoms with van der Waals surface area (Å²) >= 11 is 0. The van der Waals surface area contributed by atoms with Gasteiger partial charge in [-0.25, -0.2) is 0 Å². The van der Waals surface area contributed by atoms with E-state index in [-0.39, 0.29) is 31.3 Å². The number of carbonyl (C=O) groups excluding carboxylic acids is 1. The highest BCUT2D eigenvalue weighted by Gasteiger charge is 2.12. The number of benzene rings is 1. The highest BCUT2D eigenvalue weighted by molar-refractivity contribution is 5.96. The zero-order chi connectivity index (χ0) is 13.9. The Hall–Kier alpha value is -2.07. The quantitative estimate of drug-likeness (QED) is 0.630. The normalized spacial score (nSPS) is 10.6. The standard InChI is InChI=1S/C16H16O3/c17-11-5-4-7-14(8-6-12-18)13-16(19)15-9-2-1-3-10-15/h1-3,9-10,14,17-18H,7,11-13H2. The van der Waals surface area contributed by atoms with Crippen molar-refractivity contribution in [2.24, 2.45) is 5.92 Å². The average molecular weight is 256 g/mol. The molecule has 1 unspecified atom stereocenters. The van der Waals surface area contributed by atoms with Crippen molar-refractivity contribution in [2.45, 2.75) is 12.8 Å². The molecule has 2 N–H and O–H groups in total. The van der Waals surface area contributed by atoms with Crippen LogP contribution in [-0.4, -0.2) is 29.2 Å². The van der Waals surface area contributed by atoms with E-state index >= 15 is 0 Å². The van der Waals surface area contributed by atoms with Crippen LogP contribution in [0.2, 0.25) is 0 Å². The Labute approximate surface area is 113 Å². The molecule has 0 aliphatic rings. The van der Waals surface area contributed by atoms with Gasteiger partial charge in [-0.05, 0) is 0 Å². The molecule has 0 heterocycles. The van der Waals surface area contributed by atoms with Crippen molar-refractivity contribution >= 4 is 5.78 Å². The zero-order valence-electron chi connectivity index (χ0n) is 10.6. The molecule has 0 aromatic heterocycles. The first-order valence-corrected chi connectivity index (χ1v) is 6.02. The molecule has 1 atom stereocenters. The smallest absolute Gasteiger partial charge is 0.164 e. The lowest BCUT2D eigenvalue weighted by Crippen LogP contribution is -2.07. The molecule has 0 spiro atoms. The zero-order valence-corrected chi connectivity index (χ0v) is 10.6. The average Bonchev–Trinajstić information content (AvgIpc) is 2.45. The topological polar surface area (TPSA) is 57.5 Å². The molecular formula is C16H16O3. The van der Waals surface area contributed by atoms with Gasteiger partial charge in [0, 0.05) is 24.3 Å². The van der Waals surface area contributed by atoms with Gasteiger partial charge < -0.3 is 10.2 Å². The van der Waals surface area contributed by atoms with Gasteiger partial charge in [0.05, 0.1) is 0 Å². The molecule has 0 aliphatic carbocycles. The second-order valence-electron chi connectivity index (χ2n) is 3.89. The van der Waals surface area contributed by atoms with Crippen molar-refractivity contribution in [3.05, 3.63) is 35.9 Å². The summed E-state index contributed by atoms with van der Waals surface area (Å²) in [6, 6.07) is 9.00. The van der Waals surface area contributed by atoms with E-state index in [1.807, 2.05) is 18.2 Å². The molecule has 3 heteroatoms. The molecule has 19 heavy (non-hydrogen) atoms. The molecule has 1 aromatic rings. The Morgan fingerprint density at radius 2 is 1.74 bits per heavy atom. The van der Waals surface area contributed by atoms with Crippen molar-refractivity contribution in [2.75, 3.05) is 13.2 Å². The lowest BCUT2D eigenvalue weighted by molar-refractivity contribution is 0.0971. The second kappa shape index (κ2) is 8.94. The van der Waals surface area contributed by atoms with E-state index in [1.165, 1.54) is 0 Å². The summed E-state index contributed by atoms with van der Waals surface area (Å²) in [6.45, 7) is -0.434. The number of hydrogen-bond acceptors (Lipinski definition) is 3. The molecule has 0 radical (unpaired) electrons. The molecule has 98 valence electrons. The summed E-state index contributed by atoms with van der Waals surface area (Å²) in [5.74, 6) is 10.5. The van der Waals surface area contributed by atoms with Crippen LogP contribution in [0.15, 0.2) is 30.3 Å². The van der Waals surface area contributed by atoms with Crippen LogP contribution in [0.4, 0.5) is 0 Å². The molecule has 1 rings (SSSR count). The minimum absolute atomic E-state index is 0.00337. The Bertz CT molecular complexity index is 512. The molecule has 0 fully saturated rings. The van der Waals surface area contributed by atoms with Crippen LogP contribution in [0.3, 0.4) is 0 Å². The minimum atomic E-state index is -0.233. The number of aliphatic hydroxyl groups is 2. The van der Waals surface area contributed by atoms with E-state index in [4.69, 9.17) is 10.2 Å². The monoisotopic (exact) mass is 256 g/mol. The minimum Gasteiger partial charge on any atom is -0.384 e. The molecule has 0 saturated carbocycles. The Kier molecular flexibility index (Phi) is 7.05. The van der Waals surface area contributed by atoms with Gasteiger partial charge in [-0.15, -0.1) is 0 Å². The van der Waals surface area contributed by atoms with Crippen molar-refractivity contribution in [1.29, 1.82) is 0 Å². The Balaban J connectivity index is 2.69. The number of hydrogen-bond donors (Lipinski definition) is 2. The number of aliphatic hydroxyl groups excluding tert-OH is 2. The van der Waals surface area contributed by atoms with Crippen LogP contribution in [0.1, 0.15) is 23.2 Å². The lowest BCUT2D eigenvalue weighted by atomic mass is 9.96. The third-order valence-corrected chi connectivity index (χ3v) is 2.47. The van der Waals surface area contributed by atoms with Crippen LogP contribution in [0, 0.1) is 29.6 Å². The predicted octanol–water partition coefficient (Wildman–Crippen LogP) is 1.26. The van der Waals surface area contributed by atoms with Crippen molar-refractivity contribution in [1.82, 2.24) is 0 Å². The van der Waals surface area contributed by atoms with Gasteiger partial charge >= 0.3 is 0 Å². The first-order chi connectivity index (χ1) is 9.27. The fourth-order valence-corrected chi connectivity index (χ4v) is 1.58. The summed E-state index contributed by atoms with van der Waals surface area (Å²) < 4.78 is 0. The van der Waals surface area contributed by atoms with Crippen LogP contribution in [0.25, 0.3) is 0 Å². The maximum Gasteiger partial charge on any atom is 0.164 e. The van der Waals surface area contributed by atoms with Gasteiger partial charge in [-0.3, -0.25) is 4.79 Å². The van der Waals surface area contributed by atoms with Crippen LogP contribution in [-0.2, 0) is 0 Å². The van der Waals surface area contributed by atoms with E-state index in [9.17, 15) is 4.79 Å².